The van der Waals surface area contributed by atoms with E-state index in [0.717, 1.165) is 10.6 Å². The topological polar surface area (TPSA) is 35.5 Å². The molecule has 0 spiro atoms. The van der Waals surface area contributed by atoms with E-state index in [2.05, 4.69) is 5.73 Å². The van der Waals surface area contributed by atoms with Crippen molar-refractivity contribution in [2.45, 2.75) is 0 Å². The molecule has 2 aromatic rings. The molecule has 2 aliphatic heterocycles. The fraction of sp³-hybridized carbons (Fsp3) is 0. The van der Waals surface area contributed by atoms with E-state index in [-0.39, 0.29) is 0 Å². The van der Waals surface area contributed by atoms with Crippen LogP contribution in [0.15, 0.2) is 77.2 Å². The van der Waals surface area contributed by atoms with Crippen LogP contribution >= 0.6 is 7.14 Å². The maximum atomic E-state index is 14.0. The molecule has 5 rings (SSSR count). The van der Waals surface area contributed by atoms with Gasteiger partial charge in [-0.1, -0.05) is 30.0 Å². The van der Waals surface area contributed by atoms with Crippen molar-refractivity contribution in [1.82, 2.24) is 0 Å². The summed E-state index contributed by atoms with van der Waals surface area (Å²) in [6.07, 6.45) is 1.71. The van der Waals surface area contributed by atoms with Crippen LogP contribution in [-0.4, -0.2) is 0 Å². The van der Waals surface area contributed by atoms with Gasteiger partial charge in [0.15, 0.2) is 18.7 Å². The molecular formula is C17H9O3P. The van der Waals surface area contributed by atoms with E-state index in [9.17, 15) is 4.57 Å². The van der Waals surface area contributed by atoms with Crippen molar-refractivity contribution in [2.75, 3.05) is 0 Å². The molecule has 2 heterocycles. The van der Waals surface area contributed by atoms with Crippen LogP contribution in [0.1, 0.15) is 0 Å². The third-order valence-electron chi connectivity index (χ3n) is 3.94. The number of para-hydroxylation sites is 2. The van der Waals surface area contributed by atoms with Crippen LogP contribution in [0.3, 0.4) is 0 Å². The molecule has 0 saturated heterocycles. The molecule has 0 N–H and O–H groups in total. The first-order chi connectivity index (χ1) is 10.3. The molecule has 0 bridgehead atoms. The Morgan fingerprint density at radius 3 is 2.19 bits per heavy atom. The fourth-order valence-corrected chi connectivity index (χ4v) is 6.05. The summed E-state index contributed by atoms with van der Waals surface area (Å²) in [5.41, 5.74) is 3.03. The highest BCUT2D eigenvalue weighted by atomic mass is 31.2. The third kappa shape index (κ3) is 1.23. The normalized spacial score (nSPS) is 23.5. The third-order valence-corrected chi connectivity index (χ3v) is 7.09. The maximum absolute atomic E-state index is 14.0. The summed E-state index contributed by atoms with van der Waals surface area (Å²) >= 11 is 0. The molecule has 0 aromatic heterocycles. The zero-order chi connectivity index (χ0) is 14.0. The lowest BCUT2D eigenvalue weighted by Crippen LogP contribution is -2.29. The molecule has 0 saturated carbocycles. The first kappa shape index (κ1) is 11.2. The molecule has 21 heavy (non-hydrogen) atoms. The summed E-state index contributed by atoms with van der Waals surface area (Å²) < 4.78 is 25.7. The number of rotatable bonds is 0. The van der Waals surface area contributed by atoms with E-state index in [1.807, 2.05) is 48.5 Å². The second kappa shape index (κ2) is 3.59. The van der Waals surface area contributed by atoms with Gasteiger partial charge in [-0.3, -0.25) is 0 Å². The molecule has 1 unspecified atom stereocenters. The highest BCUT2D eigenvalue weighted by molar-refractivity contribution is 7.83. The van der Waals surface area contributed by atoms with E-state index in [4.69, 9.17) is 9.47 Å². The van der Waals surface area contributed by atoms with Crippen molar-refractivity contribution < 1.29 is 14.0 Å². The van der Waals surface area contributed by atoms with Gasteiger partial charge in [-0.15, -0.1) is 0 Å². The minimum Gasteiger partial charge on any atom is -0.455 e. The number of ether oxygens (including phenoxy) is 2. The van der Waals surface area contributed by atoms with E-state index in [0.29, 0.717) is 28.3 Å². The Labute approximate surface area is 121 Å². The van der Waals surface area contributed by atoms with Crippen LogP contribution in [0.5, 0.6) is 11.5 Å². The van der Waals surface area contributed by atoms with Gasteiger partial charge in [-0.05, 0) is 24.3 Å². The molecular weight excluding hydrogens is 283 g/mol. The van der Waals surface area contributed by atoms with Crippen molar-refractivity contribution in [3.63, 3.8) is 0 Å². The number of benzene rings is 2. The SMILES string of the molecule is O=P12C3=C(C=C=C3Oc3ccccc31)Oc1ccccc12. The molecule has 1 aliphatic carbocycles. The van der Waals surface area contributed by atoms with Gasteiger partial charge in [0.05, 0.1) is 10.6 Å². The summed E-state index contributed by atoms with van der Waals surface area (Å²) in [5, 5.41) is 2.10. The molecule has 0 amide bonds. The van der Waals surface area contributed by atoms with Gasteiger partial charge in [0, 0.05) is 6.08 Å². The largest absolute Gasteiger partial charge is 0.455 e. The van der Waals surface area contributed by atoms with Gasteiger partial charge in [0.2, 0.25) is 0 Å². The van der Waals surface area contributed by atoms with E-state index in [1.54, 1.807) is 6.08 Å². The number of hydrogen-bond acceptors (Lipinski definition) is 3. The van der Waals surface area contributed by atoms with Crippen molar-refractivity contribution in [2.24, 2.45) is 0 Å². The van der Waals surface area contributed by atoms with Gasteiger partial charge in [0.1, 0.15) is 16.8 Å². The monoisotopic (exact) mass is 292 g/mol. The maximum Gasteiger partial charge on any atom is 0.186 e. The predicted molar refractivity (Wildman–Crippen MR) is 79.6 cm³/mol. The molecule has 1 atom stereocenters. The van der Waals surface area contributed by atoms with E-state index in [1.165, 1.54) is 0 Å². The molecule has 3 nitrogen and oxygen atoms in total. The van der Waals surface area contributed by atoms with Gasteiger partial charge < -0.3 is 14.0 Å². The standard InChI is InChI=1S/C17H9O3P/c18-21-15-7-3-1-5-11(15)19-13-9-10-14(17(13)21)20-12-6-2-4-8-16(12)21/h1-9H. The van der Waals surface area contributed by atoms with Crippen molar-refractivity contribution in [3.8, 4) is 11.5 Å². The Kier molecular flexibility index (Phi) is 1.92. The van der Waals surface area contributed by atoms with Crippen molar-refractivity contribution in [3.05, 3.63) is 77.2 Å². The zero-order valence-electron chi connectivity index (χ0n) is 10.9. The van der Waals surface area contributed by atoms with Crippen LogP contribution in [0, 0.1) is 0 Å². The molecule has 0 fully saturated rings. The van der Waals surface area contributed by atoms with Gasteiger partial charge in [-0.25, -0.2) is 0 Å². The minimum atomic E-state index is -2.95. The van der Waals surface area contributed by atoms with Gasteiger partial charge in [-0.2, -0.15) is 0 Å². The Bertz CT molecular complexity index is 962. The lowest BCUT2D eigenvalue weighted by molar-refractivity contribution is 0.416. The summed E-state index contributed by atoms with van der Waals surface area (Å²) in [6, 6.07) is 15.0. The van der Waals surface area contributed by atoms with Crippen LogP contribution in [0.25, 0.3) is 0 Å². The van der Waals surface area contributed by atoms with Crippen LogP contribution in [-0.2, 0) is 4.57 Å². The molecule has 4 heteroatoms. The highest BCUT2D eigenvalue weighted by Crippen LogP contribution is 2.64. The summed E-state index contributed by atoms with van der Waals surface area (Å²) in [5.74, 6) is 2.39. The Morgan fingerprint density at radius 1 is 0.857 bits per heavy atom. The van der Waals surface area contributed by atoms with Crippen LogP contribution in [0.4, 0.5) is 0 Å². The molecule has 2 aromatic carbocycles. The zero-order valence-corrected chi connectivity index (χ0v) is 11.8. The quantitative estimate of drug-likeness (QED) is 0.553. The van der Waals surface area contributed by atoms with Crippen LogP contribution in [0.2, 0.25) is 0 Å². The average Bonchev–Trinajstić information content (AvgIpc) is 2.92. The smallest absolute Gasteiger partial charge is 0.186 e. The summed E-state index contributed by atoms with van der Waals surface area (Å²) in [4.78, 5) is 0. The lowest BCUT2D eigenvalue weighted by atomic mass is 10.3. The van der Waals surface area contributed by atoms with E-state index >= 15 is 0 Å². The predicted octanol–water partition coefficient (Wildman–Crippen LogP) is 3.05. The van der Waals surface area contributed by atoms with Crippen molar-refractivity contribution >= 4 is 17.8 Å². The number of hydrogen-bond donors (Lipinski definition) is 0. The first-order valence-corrected chi connectivity index (χ1v) is 8.36. The second-order valence-corrected chi connectivity index (χ2v) is 7.71. The van der Waals surface area contributed by atoms with Gasteiger partial charge in [0.25, 0.3) is 0 Å². The second-order valence-electron chi connectivity index (χ2n) is 5.08. The Hall–Kier alpha value is -2.47. The lowest BCUT2D eigenvalue weighted by Gasteiger charge is -2.33. The summed E-state index contributed by atoms with van der Waals surface area (Å²) in [7, 11) is -2.95. The van der Waals surface area contributed by atoms with Crippen LogP contribution < -0.4 is 20.1 Å². The summed E-state index contributed by atoms with van der Waals surface area (Å²) in [6.45, 7) is 0. The Morgan fingerprint density at radius 2 is 1.48 bits per heavy atom. The number of fused-ring (bicyclic) bond motifs is 4. The molecule has 100 valence electrons. The Balaban J connectivity index is 1.96. The van der Waals surface area contributed by atoms with Crippen molar-refractivity contribution in [1.29, 1.82) is 0 Å². The van der Waals surface area contributed by atoms with E-state index < -0.39 is 7.14 Å². The molecule has 0 radical (unpaired) electrons. The van der Waals surface area contributed by atoms with Gasteiger partial charge >= 0.3 is 0 Å². The fourth-order valence-electron chi connectivity index (χ4n) is 3.04. The average molecular weight is 292 g/mol. The minimum absolute atomic E-state index is 0.515. The molecule has 3 aliphatic rings. The highest BCUT2D eigenvalue weighted by Gasteiger charge is 2.48. The number of allylic oxidation sites excluding steroid dienone is 1. The first-order valence-electron chi connectivity index (χ1n) is 6.65.